The smallest absolute Gasteiger partial charge is 0.292 e. The Bertz CT molecular complexity index is 527. The van der Waals surface area contributed by atoms with E-state index >= 15 is 0 Å². The van der Waals surface area contributed by atoms with Crippen LogP contribution >= 0.6 is 15.9 Å². The van der Waals surface area contributed by atoms with Crippen LogP contribution in [-0.2, 0) is 0 Å². The molecule has 1 aromatic heterocycles. The number of H-pyrrole nitrogens is 1. The molecule has 0 radical (unpaired) electrons. The van der Waals surface area contributed by atoms with E-state index in [-0.39, 0.29) is 11.7 Å². The number of hydrogen-bond donors (Lipinski definition) is 2. The van der Waals surface area contributed by atoms with E-state index in [9.17, 15) is 4.79 Å². The van der Waals surface area contributed by atoms with E-state index in [1.54, 1.807) is 25.3 Å². The van der Waals surface area contributed by atoms with Crippen molar-refractivity contribution in [2.45, 2.75) is 0 Å². The molecule has 0 spiro atoms. The molecule has 1 amide bonds. The number of nitrogens with zero attached hydrogens (tertiary/aromatic N) is 2. The van der Waals surface area contributed by atoms with Crippen LogP contribution in [0.25, 0.3) is 0 Å². The van der Waals surface area contributed by atoms with Gasteiger partial charge < -0.3 is 10.1 Å². The van der Waals surface area contributed by atoms with Crippen molar-refractivity contribution in [2.75, 3.05) is 12.4 Å². The molecule has 0 saturated carbocycles. The molecule has 0 aliphatic carbocycles. The molecule has 0 unspecified atom stereocenters. The van der Waals surface area contributed by atoms with Gasteiger partial charge in [0.2, 0.25) is 5.82 Å². The second-order valence-electron chi connectivity index (χ2n) is 3.14. The van der Waals surface area contributed by atoms with Gasteiger partial charge in [-0.3, -0.25) is 9.89 Å². The summed E-state index contributed by atoms with van der Waals surface area (Å²) >= 11 is 3.33. The molecular formula is C10H9BrN4O2. The van der Waals surface area contributed by atoms with Crippen LogP contribution in [0.15, 0.2) is 29.0 Å². The minimum atomic E-state index is -0.355. The molecule has 1 heterocycles. The van der Waals surface area contributed by atoms with Crippen LogP contribution in [-0.4, -0.2) is 28.2 Å². The maximum Gasteiger partial charge on any atom is 0.292 e. The van der Waals surface area contributed by atoms with Crippen LogP contribution in [0.1, 0.15) is 10.6 Å². The highest BCUT2D eigenvalue weighted by molar-refractivity contribution is 9.10. The predicted molar refractivity (Wildman–Crippen MR) is 65.0 cm³/mol. The molecule has 2 rings (SSSR count). The highest BCUT2D eigenvalue weighted by Crippen LogP contribution is 2.27. The summed E-state index contributed by atoms with van der Waals surface area (Å²) in [4.78, 5) is 15.4. The normalized spacial score (nSPS) is 10.0. The summed E-state index contributed by atoms with van der Waals surface area (Å²) in [7, 11) is 1.56. The number of benzene rings is 1. The van der Waals surface area contributed by atoms with Gasteiger partial charge in [-0.25, -0.2) is 4.98 Å². The SMILES string of the molecule is COc1cc(NC(=O)c2ncn[nH]2)ccc1Br. The molecule has 0 atom stereocenters. The number of methoxy groups -OCH3 is 1. The number of hydrogen-bond acceptors (Lipinski definition) is 4. The number of halogens is 1. The minimum absolute atomic E-state index is 0.159. The molecule has 1 aromatic carbocycles. The van der Waals surface area contributed by atoms with Crippen molar-refractivity contribution in [1.29, 1.82) is 0 Å². The van der Waals surface area contributed by atoms with E-state index in [2.05, 4.69) is 36.4 Å². The van der Waals surface area contributed by atoms with Gasteiger partial charge in [-0.1, -0.05) is 0 Å². The zero-order valence-corrected chi connectivity index (χ0v) is 10.5. The molecule has 17 heavy (non-hydrogen) atoms. The Morgan fingerprint density at radius 2 is 2.35 bits per heavy atom. The molecule has 0 saturated heterocycles. The molecule has 0 bridgehead atoms. The standard InChI is InChI=1S/C10H9BrN4O2/c1-17-8-4-6(2-3-7(8)11)14-10(16)9-12-5-13-15-9/h2-5H,1H3,(H,14,16)(H,12,13,15). The fourth-order valence-corrected chi connectivity index (χ4v) is 1.65. The van der Waals surface area contributed by atoms with Gasteiger partial charge in [-0.2, -0.15) is 5.10 Å². The van der Waals surface area contributed by atoms with Crippen LogP contribution in [0.3, 0.4) is 0 Å². The van der Waals surface area contributed by atoms with Crippen molar-refractivity contribution < 1.29 is 9.53 Å². The van der Waals surface area contributed by atoms with E-state index < -0.39 is 0 Å². The summed E-state index contributed by atoms with van der Waals surface area (Å²) in [5.41, 5.74) is 0.617. The van der Waals surface area contributed by atoms with Gasteiger partial charge in [-0.05, 0) is 28.1 Å². The van der Waals surface area contributed by atoms with E-state index in [0.29, 0.717) is 11.4 Å². The van der Waals surface area contributed by atoms with Gasteiger partial charge in [0.25, 0.3) is 5.91 Å². The molecule has 0 fully saturated rings. The first kappa shape index (κ1) is 11.6. The van der Waals surface area contributed by atoms with Gasteiger partial charge in [0.05, 0.1) is 11.6 Å². The number of anilines is 1. The average Bonchev–Trinajstić information content (AvgIpc) is 2.85. The van der Waals surface area contributed by atoms with Crippen molar-refractivity contribution in [1.82, 2.24) is 15.2 Å². The van der Waals surface area contributed by atoms with Crippen LogP contribution in [0, 0.1) is 0 Å². The summed E-state index contributed by atoms with van der Waals surface area (Å²) in [6.07, 6.45) is 1.27. The third kappa shape index (κ3) is 2.62. The fourth-order valence-electron chi connectivity index (χ4n) is 1.24. The highest BCUT2D eigenvalue weighted by atomic mass is 79.9. The Balaban J connectivity index is 2.16. The second kappa shape index (κ2) is 4.96. The third-order valence-electron chi connectivity index (χ3n) is 2.04. The first-order valence-electron chi connectivity index (χ1n) is 4.71. The zero-order chi connectivity index (χ0) is 12.3. The molecular weight excluding hydrogens is 288 g/mol. The predicted octanol–water partition coefficient (Wildman–Crippen LogP) is 1.83. The summed E-state index contributed by atoms with van der Waals surface area (Å²) in [6, 6.07) is 5.24. The van der Waals surface area contributed by atoms with Crippen LogP contribution in [0.5, 0.6) is 5.75 Å². The maximum atomic E-state index is 11.7. The van der Waals surface area contributed by atoms with Gasteiger partial charge >= 0.3 is 0 Å². The van der Waals surface area contributed by atoms with Gasteiger partial charge in [-0.15, -0.1) is 0 Å². The Morgan fingerprint density at radius 3 is 3.00 bits per heavy atom. The molecule has 6 nitrogen and oxygen atoms in total. The van der Waals surface area contributed by atoms with E-state index in [1.807, 2.05) is 0 Å². The highest BCUT2D eigenvalue weighted by Gasteiger charge is 2.10. The van der Waals surface area contributed by atoms with E-state index in [4.69, 9.17) is 4.74 Å². The molecule has 2 N–H and O–H groups in total. The van der Waals surface area contributed by atoms with Crippen molar-refractivity contribution in [3.05, 3.63) is 34.8 Å². The van der Waals surface area contributed by atoms with Crippen molar-refractivity contribution >= 4 is 27.5 Å². The number of aromatic nitrogens is 3. The van der Waals surface area contributed by atoms with Crippen molar-refractivity contribution in [3.8, 4) is 5.75 Å². The summed E-state index contributed by atoms with van der Waals surface area (Å²) in [6.45, 7) is 0. The summed E-state index contributed by atoms with van der Waals surface area (Å²) in [5, 5.41) is 8.76. The van der Waals surface area contributed by atoms with Gasteiger partial charge in [0.1, 0.15) is 12.1 Å². The third-order valence-corrected chi connectivity index (χ3v) is 2.69. The van der Waals surface area contributed by atoms with Crippen LogP contribution in [0.2, 0.25) is 0 Å². The number of carbonyl (C=O) groups is 1. The first-order valence-corrected chi connectivity index (χ1v) is 5.50. The maximum absolute atomic E-state index is 11.7. The number of carbonyl (C=O) groups excluding carboxylic acids is 1. The lowest BCUT2D eigenvalue weighted by molar-refractivity contribution is 0.101. The zero-order valence-electron chi connectivity index (χ0n) is 8.90. The monoisotopic (exact) mass is 296 g/mol. The summed E-state index contributed by atoms with van der Waals surface area (Å²) < 4.78 is 5.94. The van der Waals surface area contributed by atoms with Crippen LogP contribution in [0.4, 0.5) is 5.69 Å². The Morgan fingerprint density at radius 1 is 1.53 bits per heavy atom. The number of aromatic amines is 1. The van der Waals surface area contributed by atoms with E-state index in [0.717, 1.165) is 4.47 Å². The average molecular weight is 297 g/mol. The van der Waals surface area contributed by atoms with Gasteiger partial charge in [0, 0.05) is 11.8 Å². The van der Waals surface area contributed by atoms with Gasteiger partial charge in [0.15, 0.2) is 0 Å². The Labute approximate surface area is 106 Å². The van der Waals surface area contributed by atoms with Crippen molar-refractivity contribution in [2.24, 2.45) is 0 Å². The second-order valence-corrected chi connectivity index (χ2v) is 3.99. The minimum Gasteiger partial charge on any atom is -0.495 e. The molecule has 2 aromatic rings. The molecule has 7 heteroatoms. The van der Waals surface area contributed by atoms with E-state index in [1.165, 1.54) is 6.33 Å². The topological polar surface area (TPSA) is 79.9 Å². The number of ether oxygens (including phenoxy) is 1. The number of rotatable bonds is 3. The Kier molecular flexibility index (Phi) is 3.38. The van der Waals surface area contributed by atoms with Crippen molar-refractivity contribution in [3.63, 3.8) is 0 Å². The van der Waals surface area contributed by atoms with Crippen LogP contribution < -0.4 is 10.1 Å². The lowest BCUT2D eigenvalue weighted by Crippen LogP contribution is -2.13. The molecule has 0 aliphatic heterocycles. The lowest BCUT2D eigenvalue weighted by atomic mass is 10.3. The molecule has 0 aliphatic rings. The fraction of sp³-hybridized carbons (Fsp3) is 0.100. The first-order chi connectivity index (χ1) is 8.20. The summed E-state index contributed by atoms with van der Waals surface area (Å²) in [5.74, 6) is 0.444. The lowest BCUT2D eigenvalue weighted by Gasteiger charge is -2.07. The largest absolute Gasteiger partial charge is 0.495 e. The quantitative estimate of drug-likeness (QED) is 0.905. The molecule has 88 valence electrons. The number of nitrogens with one attached hydrogen (secondary N) is 2. The number of amides is 1. The Hall–Kier alpha value is -1.89.